The second-order valence-electron chi connectivity index (χ2n) is 13.3. The van der Waals surface area contributed by atoms with Crippen molar-refractivity contribution in [3.8, 4) is 0 Å². The van der Waals surface area contributed by atoms with Crippen LogP contribution in [0, 0.1) is 29.5 Å². The summed E-state index contributed by atoms with van der Waals surface area (Å²) in [6, 6.07) is 13.3. The second kappa shape index (κ2) is 12.9. The van der Waals surface area contributed by atoms with E-state index in [9.17, 15) is 18.8 Å². The highest BCUT2D eigenvalue weighted by Crippen LogP contribution is 2.55. The van der Waals surface area contributed by atoms with Gasteiger partial charge in [0, 0.05) is 24.8 Å². The first-order chi connectivity index (χ1) is 21.6. The summed E-state index contributed by atoms with van der Waals surface area (Å²) in [5.74, 6) is -2.41. The molecule has 3 heterocycles. The Kier molecular flexibility index (Phi) is 9.05. The largest absolute Gasteiger partial charge is 0.359 e. The summed E-state index contributed by atoms with van der Waals surface area (Å²) in [5, 5.41) is 5.99. The maximum absolute atomic E-state index is 14.3. The number of fused-ring (bicyclic) bond motifs is 1. The lowest BCUT2D eigenvalue weighted by atomic mass is 9.73. The Balaban J connectivity index is 1.23. The molecule has 3 fully saturated rings. The van der Waals surface area contributed by atoms with Crippen LogP contribution in [-0.4, -0.2) is 71.4 Å². The maximum atomic E-state index is 14.3. The fraction of sp³-hybridized carbons (Fsp3) is 0.514. The van der Waals surface area contributed by atoms with Gasteiger partial charge in [0.15, 0.2) is 0 Å². The van der Waals surface area contributed by atoms with Gasteiger partial charge in [0.2, 0.25) is 17.7 Å². The number of hydrogen-bond donors (Lipinski definition) is 2. The summed E-state index contributed by atoms with van der Waals surface area (Å²) in [6.07, 6.45) is 6.69. The summed E-state index contributed by atoms with van der Waals surface area (Å²) >= 11 is 5.95. The predicted octanol–water partition coefficient (Wildman–Crippen LogP) is 5.03. The molecule has 1 saturated carbocycles. The zero-order chi connectivity index (χ0) is 31.9. The summed E-state index contributed by atoms with van der Waals surface area (Å²) in [5.41, 5.74) is 0.282. The van der Waals surface area contributed by atoms with E-state index in [2.05, 4.69) is 41.5 Å². The van der Waals surface area contributed by atoms with Gasteiger partial charge in [0.25, 0.3) is 0 Å². The van der Waals surface area contributed by atoms with Crippen LogP contribution in [0.15, 0.2) is 60.7 Å². The van der Waals surface area contributed by atoms with Crippen LogP contribution in [0.2, 0.25) is 5.02 Å². The molecule has 0 unspecified atom stereocenters. The van der Waals surface area contributed by atoms with E-state index >= 15 is 0 Å². The van der Waals surface area contributed by atoms with Gasteiger partial charge in [-0.1, -0.05) is 80.8 Å². The van der Waals surface area contributed by atoms with Crippen molar-refractivity contribution in [1.29, 1.82) is 0 Å². The number of halogens is 2. The lowest BCUT2D eigenvalue weighted by Gasteiger charge is -2.38. The standard InChI is InChI=1S/C35H42ClFN4O4/c1-21-9-7-12-27(22(21)2)39-33(43)31-35-16-15-28(45-35)29(32(42)38-24-13-14-26(37)25(36)19-24)30(35)34(44)41(31)18-8-17-40(3)20-23-10-5-4-6-11-23/h4-6,10-11,13-16,19,21-22,27-31H,7-9,12,17-18,20H2,1-3H3,(H,38,42)(H,39,43)/t21-,22-,27+,28+,29-,30+,31+,35+/m1/s1. The van der Waals surface area contributed by atoms with Gasteiger partial charge < -0.3 is 25.2 Å². The highest BCUT2D eigenvalue weighted by Gasteiger charge is 2.72. The van der Waals surface area contributed by atoms with Gasteiger partial charge in [-0.25, -0.2) is 4.39 Å². The third-order valence-corrected chi connectivity index (χ3v) is 10.7. The van der Waals surface area contributed by atoms with E-state index in [1.54, 1.807) is 11.0 Å². The van der Waals surface area contributed by atoms with Crippen molar-refractivity contribution in [3.05, 3.63) is 77.1 Å². The molecule has 4 aliphatic rings. The van der Waals surface area contributed by atoms with Gasteiger partial charge in [0.1, 0.15) is 17.5 Å². The molecule has 10 heteroatoms. The molecule has 2 aromatic rings. The minimum atomic E-state index is -1.24. The molecule has 6 rings (SSSR count). The van der Waals surface area contributed by atoms with Crippen molar-refractivity contribution >= 4 is 35.0 Å². The van der Waals surface area contributed by atoms with Gasteiger partial charge in [-0.3, -0.25) is 14.4 Å². The monoisotopic (exact) mass is 636 g/mol. The Morgan fingerprint density at radius 1 is 1.13 bits per heavy atom. The van der Waals surface area contributed by atoms with Crippen LogP contribution in [0.25, 0.3) is 0 Å². The molecule has 3 amide bonds. The fourth-order valence-corrected chi connectivity index (χ4v) is 8.02. The summed E-state index contributed by atoms with van der Waals surface area (Å²) in [6.45, 7) is 6.24. The average Bonchev–Trinajstić information content (AvgIpc) is 3.65. The smallest absolute Gasteiger partial charge is 0.246 e. The highest BCUT2D eigenvalue weighted by atomic mass is 35.5. The van der Waals surface area contributed by atoms with Crippen molar-refractivity contribution < 1.29 is 23.5 Å². The van der Waals surface area contributed by atoms with Crippen LogP contribution in [0.3, 0.4) is 0 Å². The SMILES string of the molecule is C[C@@H]1[C@H](C)CCC[C@@H]1NC(=O)[C@@H]1N(CCCN(C)Cc2ccccc2)C(=O)[C@@H]2[C@H](C(=O)Nc3ccc(F)c(Cl)c3)[C@@H]3C=C[C@]21O3. The van der Waals surface area contributed by atoms with Gasteiger partial charge in [-0.05, 0) is 62.0 Å². The zero-order valence-corrected chi connectivity index (χ0v) is 26.8. The first-order valence-corrected chi connectivity index (χ1v) is 16.4. The molecule has 2 N–H and O–H groups in total. The van der Waals surface area contributed by atoms with Gasteiger partial charge >= 0.3 is 0 Å². The minimum Gasteiger partial charge on any atom is -0.359 e. The number of amides is 3. The number of carbonyl (C=O) groups is 3. The molecule has 240 valence electrons. The topological polar surface area (TPSA) is 91.0 Å². The first-order valence-electron chi connectivity index (χ1n) is 16.1. The maximum Gasteiger partial charge on any atom is 0.246 e. The van der Waals surface area contributed by atoms with E-state index in [0.717, 1.165) is 32.4 Å². The van der Waals surface area contributed by atoms with Crippen LogP contribution in [0.4, 0.5) is 10.1 Å². The summed E-state index contributed by atoms with van der Waals surface area (Å²) < 4.78 is 20.2. The average molecular weight is 637 g/mol. The van der Waals surface area contributed by atoms with Crippen molar-refractivity contribution in [2.45, 2.75) is 69.9 Å². The summed E-state index contributed by atoms with van der Waals surface area (Å²) in [4.78, 5) is 46.1. The minimum absolute atomic E-state index is 0.00978. The van der Waals surface area contributed by atoms with Crippen LogP contribution in [-0.2, 0) is 25.7 Å². The van der Waals surface area contributed by atoms with Gasteiger partial charge in [0.05, 0.1) is 23.0 Å². The molecular formula is C35H42ClFN4O4. The van der Waals surface area contributed by atoms with E-state index in [1.807, 2.05) is 31.3 Å². The molecule has 8 atom stereocenters. The highest BCUT2D eigenvalue weighted by molar-refractivity contribution is 6.31. The lowest BCUT2D eigenvalue weighted by Crippen LogP contribution is -2.58. The summed E-state index contributed by atoms with van der Waals surface area (Å²) in [7, 11) is 2.04. The van der Waals surface area contributed by atoms with Crippen molar-refractivity contribution in [2.24, 2.45) is 23.7 Å². The molecule has 0 aromatic heterocycles. The predicted molar refractivity (Wildman–Crippen MR) is 171 cm³/mol. The van der Waals surface area contributed by atoms with Crippen molar-refractivity contribution in [2.75, 3.05) is 25.5 Å². The zero-order valence-electron chi connectivity index (χ0n) is 26.0. The molecule has 3 aliphatic heterocycles. The molecule has 1 spiro atoms. The van der Waals surface area contributed by atoms with Crippen LogP contribution in [0.5, 0.6) is 0 Å². The normalized spacial score (nSPS) is 31.8. The number of ether oxygens (including phenoxy) is 1. The first kappa shape index (κ1) is 31.7. The van der Waals surface area contributed by atoms with E-state index < -0.39 is 41.3 Å². The number of carbonyl (C=O) groups excluding carboxylic acids is 3. The van der Waals surface area contributed by atoms with E-state index in [1.165, 1.54) is 23.8 Å². The number of nitrogens with zero attached hydrogens (tertiary/aromatic N) is 2. The molecule has 1 aliphatic carbocycles. The third kappa shape index (κ3) is 6.02. The van der Waals surface area contributed by atoms with E-state index in [0.29, 0.717) is 30.5 Å². The number of likely N-dealkylation sites (tertiary alicyclic amines) is 1. The second-order valence-corrected chi connectivity index (χ2v) is 13.7. The van der Waals surface area contributed by atoms with Crippen LogP contribution in [0.1, 0.15) is 45.1 Å². The fourth-order valence-electron chi connectivity index (χ4n) is 7.84. The quantitative estimate of drug-likeness (QED) is 0.357. The number of benzene rings is 2. The Labute approximate surface area is 269 Å². The van der Waals surface area contributed by atoms with Crippen LogP contribution < -0.4 is 10.6 Å². The molecule has 2 saturated heterocycles. The number of anilines is 1. The lowest BCUT2D eigenvalue weighted by molar-refractivity contribution is -0.141. The van der Waals surface area contributed by atoms with Crippen molar-refractivity contribution in [1.82, 2.24) is 15.1 Å². The van der Waals surface area contributed by atoms with Crippen LogP contribution >= 0.6 is 11.6 Å². The van der Waals surface area contributed by atoms with E-state index in [4.69, 9.17) is 16.3 Å². The van der Waals surface area contributed by atoms with Gasteiger partial charge in [-0.15, -0.1) is 0 Å². The van der Waals surface area contributed by atoms with E-state index in [-0.39, 0.29) is 22.9 Å². The molecule has 2 bridgehead atoms. The third-order valence-electron chi connectivity index (χ3n) is 10.4. The number of hydrogen-bond acceptors (Lipinski definition) is 5. The molecular weight excluding hydrogens is 595 g/mol. The Morgan fingerprint density at radius 2 is 1.91 bits per heavy atom. The molecule has 45 heavy (non-hydrogen) atoms. The number of nitrogens with one attached hydrogen (secondary N) is 2. The Morgan fingerprint density at radius 3 is 2.67 bits per heavy atom. The van der Waals surface area contributed by atoms with Gasteiger partial charge in [-0.2, -0.15) is 0 Å². The number of rotatable bonds is 10. The molecule has 0 radical (unpaired) electrons. The Hall–Kier alpha value is -3.27. The Bertz CT molecular complexity index is 1470. The molecule has 8 nitrogen and oxygen atoms in total. The molecule has 2 aromatic carbocycles. The van der Waals surface area contributed by atoms with Crippen molar-refractivity contribution in [3.63, 3.8) is 0 Å².